The van der Waals surface area contributed by atoms with E-state index in [1.165, 1.54) is 38.3 Å². The number of anilines is 1. The smallest absolute Gasteiger partial charge is 0.341 e. The first-order valence-corrected chi connectivity index (χ1v) is 7.45. The molecule has 1 aliphatic rings. The van der Waals surface area contributed by atoms with E-state index < -0.39 is 0 Å². The Kier molecular flexibility index (Phi) is 5.32. The number of hydrogen-bond acceptors (Lipinski definition) is 5. The molecule has 1 fully saturated rings. The normalized spacial score (nSPS) is 15.3. The van der Waals surface area contributed by atoms with Gasteiger partial charge in [-0.05, 0) is 26.2 Å². The van der Waals surface area contributed by atoms with Gasteiger partial charge in [0.15, 0.2) is 0 Å². The molecule has 0 aliphatic heterocycles. The number of nitrogens with one attached hydrogen (secondary N) is 1. The molecule has 0 saturated heterocycles. The molecule has 0 aromatic carbocycles. The van der Waals surface area contributed by atoms with Crippen molar-refractivity contribution in [3.8, 4) is 0 Å². The topological polar surface area (TPSA) is 64.1 Å². The molecule has 1 N–H and O–H groups in total. The highest BCUT2D eigenvalue weighted by atomic mass is 16.5. The van der Waals surface area contributed by atoms with Crippen LogP contribution in [0.1, 0.15) is 55.1 Å². The predicted octanol–water partition coefficient (Wildman–Crippen LogP) is 2.95. The fraction of sp³-hybridized carbons (Fsp3) is 0.667. The minimum absolute atomic E-state index is 0.359. The van der Waals surface area contributed by atoms with Crippen LogP contribution in [0.5, 0.6) is 0 Å². The molecule has 20 heavy (non-hydrogen) atoms. The number of aryl methyl sites for hydroxylation is 1. The highest BCUT2D eigenvalue weighted by Gasteiger charge is 2.15. The van der Waals surface area contributed by atoms with Crippen molar-refractivity contribution in [2.75, 3.05) is 18.5 Å². The summed E-state index contributed by atoms with van der Waals surface area (Å²) in [6.45, 7) is 4.84. The maximum Gasteiger partial charge on any atom is 0.341 e. The largest absolute Gasteiger partial charge is 0.462 e. The molecule has 1 aromatic heterocycles. The summed E-state index contributed by atoms with van der Waals surface area (Å²) >= 11 is 0. The molecule has 110 valence electrons. The van der Waals surface area contributed by atoms with Crippen molar-refractivity contribution < 1.29 is 9.53 Å². The van der Waals surface area contributed by atoms with Gasteiger partial charge in [0.1, 0.15) is 0 Å². The monoisotopic (exact) mass is 277 g/mol. The van der Waals surface area contributed by atoms with Crippen LogP contribution in [0.4, 0.5) is 5.95 Å². The van der Waals surface area contributed by atoms with Crippen molar-refractivity contribution in [3.05, 3.63) is 17.5 Å². The molecule has 2 rings (SSSR count). The first-order chi connectivity index (χ1) is 9.70. The van der Waals surface area contributed by atoms with E-state index in [1.807, 2.05) is 0 Å². The fourth-order valence-electron chi connectivity index (χ4n) is 2.65. The quantitative estimate of drug-likeness (QED) is 0.810. The number of ether oxygens (including phenoxy) is 1. The molecule has 1 aliphatic carbocycles. The van der Waals surface area contributed by atoms with E-state index in [2.05, 4.69) is 15.3 Å². The van der Waals surface area contributed by atoms with Gasteiger partial charge in [-0.3, -0.25) is 0 Å². The van der Waals surface area contributed by atoms with Gasteiger partial charge in [0.2, 0.25) is 5.95 Å². The van der Waals surface area contributed by atoms with Crippen molar-refractivity contribution in [1.82, 2.24) is 9.97 Å². The van der Waals surface area contributed by atoms with E-state index in [4.69, 9.17) is 4.74 Å². The van der Waals surface area contributed by atoms with E-state index in [9.17, 15) is 4.79 Å². The number of rotatable bonds is 6. The molecule has 1 aromatic rings. The van der Waals surface area contributed by atoms with Crippen LogP contribution in [0.15, 0.2) is 6.20 Å². The second kappa shape index (κ2) is 7.22. The highest BCUT2D eigenvalue weighted by molar-refractivity contribution is 5.90. The van der Waals surface area contributed by atoms with Crippen LogP contribution in [0, 0.1) is 12.8 Å². The lowest BCUT2D eigenvalue weighted by atomic mass is 10.0. The molecule has 5 heteroatoms. The standard InChI is InChI=1S/C15H23N3O2/c1-3-20-14(19)13-10-17-15(18-11(13)2)16-9-8-12-6-4-5-7-12/h10,12H,3-9H2,1-2H3,(H,16,17,18). The minimum Gasteiger partial charge on any atom is -0.462 e. The summed E-state index contributed by atoms with van der Waals surface area (Å²) in [5.74, 6) is 1.08. The summed E-state index contributed by atoms with van der Waals surface area (Å²) < 4.78 is 4.96. The number of carbonyl (C=O) groups is 1. The minimum atomic E-state index is -0.359. The molecule has 5 nitrogen and oxygen atoms in total. The lowest BCUT2D eigenvalue weighted by Crippen LogP contribution is -2.13. The molecular formula is C15H23N3O2. The number of hydrogen-bond donors (Lipinski definition) is 1. The van der Waals surface area contributed by atoms with Crippen LogP contribution in [0.3, 0.4) is 0 Å². The summed E-state index contributed by atoms with van der Waals surface area (Å²) in [6, 6.07) is 0. The van der Waals surface area contributed by atoms with Gasteiger partial charge in [-0.15, -0.1) is 0 Å². The lowest BCUT2D eigenvalue weighted by Gasteiger charge is -2.11. The van der Waals surface area contributed by atoms with Crippen LogP contribution in [0.2, 0.25) is 0 Å². The summed E-state index contributed by atoms with van der Waals surface area (Å²) in [4.78, 5) is 20.1. The van der Waals surface area contributed by atoms with Gasteiger partial charge in [0.25, 0.3) is 0 Å². The summed E-state index contributed by atoms with van der Waals surface area (Å²) in [7, 11) is 0. The Balaban J connectivity index is 1.86. The van der Waals surface area contributed by atoms with Crippen molar-refractivity contribution in [2.45, 2.75) is 46.0 Å². The van der Waals surface area contributed by atoms with Gasteiger partial charge in [-0.1, -0.05) is 25.7 Å². The maximum atomic E-state index is 11.6. The zero-order valence-electron chi connectivity index (χ0n) is 12.3. The summed E-state index contributed by atoms with van der Waals surface area (Å²) in [5, 5.41) is 3.24. The number of esters is 1. The Morgan fingerprint density at radius 2 is 2.20 bits per heavy atom. The van der Waals surface area contributed by atoms with Crippen LogP contribution < -0.4 is 5.32 Å². The second-order valence-corrected chi connectivity index (χ2v) is 5.28. The molecule has 0 bridgehead atoms. The van der Waals surface area contributed by atoms with Crippen molar-refractivity contribution >= 4 is 11.9 Å². The first-order valence-electron chi connectivity index (χ1n) is 7.45. The van der Waals surface area contributed by atoms with Crippen molar-refractivity contribution in [2.24, 2.45) is 5.92 Å². The van der Waals surface area contributed by atoms with Crippen LogP contribution in [-0.4, -0.2) is 29.1 Å². The van der Waals surface area contributed by atoms with E-state index >= 15 is 0 Å². The second-order valence-electron chi connectivity index (χ2n) is 5.28. The molecule has 0 unspecified atom stereocenters. The third kappa shape index (κ3) is 3.92. The molecule has 0 spiro atoms. The van der Waals surface area contributed by atoms with Crippen LogP contribution in [0.25, 0.3) is 0 Å². The zero-order valence-corrected chi connectivity index (χ0v) is 12.3. The Labute approximate surface area is 120 Å². The molecule has 0 radical (unpaired) electrons. The molecule has 1 saturated carbocycles. The Morgan fingerprint density at radius 1 is 1.45 bits per heavy atom. The van der Waals surface area contributed by atoms with Crippen molar-refractivity contribution in [3.63, 3.8) is 0 Å². The van der Waals surface area contributed by atoms with Gasteiger partial charge in [0, 0.05) is 12.7 Å². The van der Waals surface area contributed by atoms with Gasteiger partial charge in [-0.25, -0.2) is 14.8 Å². The molecular weight excluding hydrogens is 254 g/mol. The van der Waals surface area contributed by atoms with E-state index in [0.29, 0.717) is 23.8 Å². The third-order valence-electron chi connectivity index (χ3n) is 3.79. The number of carbonyl (C=O) groups excluding carboxylic acids is 1. The van der Waals surface area contributed by atoms with Crippen LogP contribution in [-0.2, 0) is 4.74 Å². The summed E-state index contributed by atoms with van der Waals surface area (Å²) in [5.41, 5.74) is 1.09. The lowest BCUT2D eigenvalue weighted by molar-refractivity contribution is 0.0524. The highest BCUT2D eigenvalue weighted by Crippen LogP contribution is 2.27. The Bertz CT molecular complexity index is 456. The third-order valence-corrected chi connectivity index (χ3v) is 3.79. The summed E-state index contributed by atoms with van der Waals surface area (Å²) in [6.07, 6.45) is 8.15. The zero-order chi connectivity index (χ0) is 14.4. The average Bonchev–Trinajstić information content (AvgIpc) is 2.92. The SMILES string of the molecule is CCOC(=O)c1cnc(NCCC2CCCC2)nc1C. The predicted molar refractivity (Wildman–Crippen MR) is 77.8 cm³/mol. The number of nitrogens with zero attached hydrogens (tertiary/aromatic N) is 2. The molecule has 0 atom stereocenters. The fourth-order valence-corrected chi connectivity index (χ4v) is 2.65. The van der Waals surface area contributed by atoms with Gasteiger partial charge in [0.05, 0.1) is 17.9 Å². The van der Waals surface area contributed by atoms with E-state index in [-0.39, 0.29) is 5.97 Å². The van der Waals surface area contributed by atoms with Crippen LogP contribution >= 0.6 is 0 Å². The first kappa shape index (κ1) is 14.8. The van der Waals surface area contributed by atoms with Gasteiger partial charge >= 0.3 is 5.97 Å². The van der Waals surface area contributed by atoms with E-state index in [1.54, 1.807) is 13.8 Å². The van der Waals surface area contributed by atoms with E-state index in [0.717, 1.165) is 12.5 Å². The molecule has 0 amide bonds. The average molecular weight is 277 g/mol. The van der Waals surface area contributed by atoms with Gasteiger partial charge < -0.3 is 10.1 Å². The number of aromatic nitrogens is 2. The Morgan fingerprint density at radius 3 is 2.85 bits per heavy atom. The van der Waals surface area contributed by atoms with Gasteiger partial charge in [-0.2, -0.15) is 0 Å². The van der Waals surface area contributed by atoms with Crippen molar-refractivity contribution in [1.29, 1.82) is 0 Å². The maximum absolute atomic E-state index is 11.6. The molecule has 1 heterocycles. The Hall–Kier alpha value is -1.65.